The van der Waals surface area contributed by atoms with Gasteiger partial charge in [0, 0.05) is 32.7 Å². The van der Waals surface area contributed by atoms with E-state index >= 15 is 0 Å². The highest BCUT2D eigenvalue weighted by Crippen LogP contribution is 2.13. The van der Waals surface area contributed by atoms with Crippen molar-refractivity contribution in [1.82, 2.24) is 15.5 Å². The van der Waals surface area contributed by atoms with Crippen LogP contribution in [-0.4, -0.2) is 56.8 Å². The molecule has 0 saturated carbocycles. The third-order valence-electron chi connectivity index (χ3n) is 4.04. The second kappa shape index (κ2) is 9.57. The van der Waals surface area contributed by atoms with Crippen molar-refractivity contribution in [3.63, 3.8) is 0 Å². The molecule has 6 nitrogen and oxygen atoms in total. The summed E-state index contributed by atoms with van der Waals surface area (Å²) in [5.41, 5.74) is 0. The molecule has 1 aromatic rings. The van der Waals surface area contributed by atoms with Gasteiger partial charge in [0.1, 0.15) is 5.76 Å². The molecule has 0 radical (unpaired) electrons. The monoisotopic (exact) mass is 322 g/mol. The second-order valence-corrected chi connectivity index (χ2v) is 6.32. The van der Waals surface area contributed by atoms with Gasteiger partial charge in [-0.25, -0.2) is 0 Å². The summed E-state index contributed by atoms with van der Waals surface area (Å²) in [7, 11) is 1.80. The maximum atomic E-state index is 5.47. The van der Waals surface area contributed by atoms with E-state index in [1.165, 1.54) is 6.42 Å². The standard InChI is InChI=1S/C17H30N4O2/c1-14(2)11-15(21-6-9-22-10-7-21)12-19-17(18-3)20-13-16-5-4-8-23-16/h4-5,8,14-15H,6-7,9-13H2,1-3H3,(H2,18,19,20). The van der Waals surface area contributed by atoms with Crippen LogP contribution in [0.1, 0.15) is 26.0 Å². The molecule has 130 valence electrons. The van der Waals surface area contributed by atoms with Crippen LogP contribution in [0.4, 0.5) is 0 Å². The smallest absolute Gasteiger partial charge is 0.191 e. The van der Waals surface area contributed by atoms with Gasteiger partial charge in [0.25, 0.3) is 0 Å². The summed E-state index contributed by atoms with van der Waals surface area (Å²) in [5.74, 6) is 2.38. The molecule has 1 atom stereocenters. The highest BCUT2D eigenvalue weighted by Gasteiger charge is 2.22. The van der Waals surface area contributed by atoms with Crippen molar-refractivity contribution in [3.05, 3.63) is 24.2 Å². The number of nitrogens with one attached hydrogen (secondary N) is 2. The number of hydrogen-bond donors (Lipinski definition) is 2. The molecule has 1 saturated heterocycles. The predicted molar refractivity (Wildman–Crippen MR) is 92.5 cm³/mol. The van der Waals surface area contributed by atoms with E-state index in [1.54, 1.807) is 13.3 Å². The van der Waals surface area contributed by atoms with Crippen LogP contribution < -0.4 is 10.6 Å². The van der Waals surface area contributed by atoms with Gasteiger partial charge in [-0.1, -0.05) is 13.8 Å². The Morgan fingerprint density at radius 1 is 1.30 bits per heavy atom. The molecule has 2 rings (SSSR count). The van der Waals surface area contributed by atoms with Crippen LogP contribution in [0.3, 0.4) is 0 Å². The SMILES string of the molecule is CN=C(NCc1ccco1)NCC(CC(C)C)N1CCOCC1. The molecule has 1 aliphatic heterocycles. The van der Waals surface area contributed by atoms with E-state index < -0.39 is 0 Å². The molecule has 0 aliphatic carbocycles. The largest absolute Gasteiger partial charge is 0.467 e. The van der Waals surface area contributed by atoms with Crippen LogP contribution in [0.5, 0.6) is 0 Å². The minimum Gasteiger partial charge on any atom is -0.467 e. The van der Waals surface area contributed by atoms with Gasteiger partial charge < -0.3 is 19.8 Å². The predicted octanol–water partition coefficient (Wildman–Crippen LogP) is 1.69. The number of nitrogens with zero attached hydrogens (tertiary/aromatic N) is 2. The highest BCUT2D eigenvalue weighted by atomic mass is 16.5. The Morgan fingerprint density at radius 3 is 2.70 bits per heavy atom. The van der Waals surface area contributed by atoms with Gasteiger partial charge in [0.15, 0.2) is 5.96 Å². The zero-order valence-electron chi connectivity index (χ0n) is 14.5. The van der Waals surface area contributed by atoms with Crippen molar-refractivity contribution >= 4 is 5.96 Å². The molecule has 23 heavy (non-hydrogen) atoms. The van der Waals surface area contributed by atoms with E-state index in [4.69, 9.17) is 9.15 Å². The zero-order valence-corrected chi connectivity index (χ0v) is 14.5. The first-order chi connectivity index (χ1) is 11.2. The quantitative estimate of drug-likeness (QED) is 0.591. The van der Waals surface area contributed by atoms with E-state index in [2.05, 4.69) is 34.4 Å². The minimum absolute atomic E-state index is 0.501. The lowest BCUT2D eigenvalue weighted by Crippen LogP contribution is -2.50. The summed E-state index contributed by atoms with van der Waals surface area (Å²) in [6.07, 6.45) is 2.85. The molecular weight excluding hydrogens is 292 g/mol. The van der Waals surface area contributed by atoms with Gasteiger partial charge in [-0.2, -0.15) is 0 Å². The lowest BCUT2D eigenvalue weighted by molar-refractivity contribution is 0.0132. The highest BCUT2D eigenvalue weighted by molar-refractivity contribution is 5.79. The maximum Gasteiger partial charge on any atom is 0.191 e. The van der Waals surface area contributed by atoms with E-state index in [9.17, 15) is 0 Å². The van der Waals surface area contributed by atoms with Crippen molar-refractivity contribution in [2.45, 2.75) is 32.9 Å². The van der Waals surface area contributed by atoms with Crippen LogP contribution in [0.25, 0.3) is 0 Å². The summed E-state index contributed by atoms with van der Waals surface area (Å²) in [5, 5.41) is 6.73. The molecule has 2 heterocycles. The van der Waals surface area contributed by atoms with Crippen molar-refractivity contribution in [2.24, 2.45) is 10.9 Å². The summed E-state index contributed by atoms with van der Waals surface area (Å²) in [6.45, 7) is 9.76. The van der Waals surface area contributed by atoms with E-state index in [-0.39, 0.29) is 0 Å². The van der Waals surface area contributed by atoms with Crippen molar-refractivity contribution in [3.8, 4) is 0 Å². The van der Waals surface area contributed by atoms with Crippen LogP contribution in [-0.2, 0) is 11.3 Å². The Hall–Kier alpha value is -1.53. The van der Waals surface area contributed by atoms with Crippen LogP contribution in [0.2, 0.25) is 0 Å². The van der Waals surface area contributed by atoms with Crippen LogP contribution in [0, 0.1) is 5.92 Å². The molecule has 2 N–H and O–H groups in total. The first kappa shape index (κ1) is 17.8. The summed E-state index contributed by atoms with van der Waals surface area (Å²) >= 11 is 0. The van der Waals surface area contributed by atoms with Crippen LogP contribution >= 0.6 is 0 Å². The topological polar surface area (TPSA) is 62.0 Å². The van der Waals surface area contributed by atoms with E-state index in [0.29, 0.717) is 18.5 Å². The van der Waals surface area contributed by atoms with Gasteiger partial charge in [0.2, 0.25) is 0 Å². The minimum atomic E-state index is 0.501. The van der Waals surface area contributed by atoms with Crippen molar-refractivity contribution < 1.29 is 9.15 Å². The van der Waals surface area contributed by atoms with Gasteiger partial charge in [-0.15, -0.1) is 0 Å². The molecule has 0 spiro atoms. The second-order valence-electron chi connectivity index (χ2n) is 6.32. The Kier molecular flexibility index (Phi) is 7.42. The van der Waals surface area contributed by atoms with Gasteiger partial charge in [0.05, 0.1) is 26.0 Å². The fraction of sp³-hybridized carbons (Fsp3) is 0.706. The molecule has 1 aromatic heterocycles. The molecular formula is C17H30N4O2. The zero-order chi connectivity index (χ0) is 16.5. The van der Waals surface area contributed by atoms with Crippen molar-refractivity contribution in [1.29, 1.82) is 0 Å². The number of morpholine rings is 1. The molecule has 0 bridgehead atoms. The van der Waals surface area contributed by atoms with E-state index in [1.807, 2.05) is 12.1 Å². The van der Waals surface area contributed by atoms with Gasteiger partial charge in [-0.3, -0.25) is 9.89 Å². The Morgan fingerprint density at radius 2 is 2.09 bits per heavy atom. The number of aliphatic imine (C=N–C) groups is 1. The summed E-state index contributed by atoms with van der Waals surface area (Å²) < 4.78 is 10.8. The first-order valence-electron chi connectivity index (χ1n) is 8.47. The summed E-state index contributed by atoms with van der Waals surface area (Å²) in [4.78, 5) is 6.82. The Balaban J connectivity index is 1.82. The maximum absolute atomic E-state index is 5.47. The lowest BCUT2D eigenvalue weighted by Gasteiger charge is -2.35. The molecule has 1 fully saturated rings. The van der Waals surface area contributed by atoms with Crippen LogP contribution in [0.15, 0.2) is 27.8 Å². The third-order valence-corrected chi connectivity index (χ3v) is 4.04. The number of furan rings is 1. The average molecular weight is 322 g/mol. The fourth-order valence-electron chi connectivity index (χ4n) is 2.87. The number of hydrogen-bond acceptors (Lipinski definition) is 4. The number of ether oxygens (including phenoxy) is 1. The van der Waals surface area contributed by atoms with Gasteiger partial charge >= 0.3 is 0 Å². The first-order valence-corrected chi connectivity index (χ1v) is 8.47. The molecule has 6 heteroatoms. The molecule has 1 aliphatic rings. The summed E-state index contributed by atoms with van der Waals surface area (Å²) in [6, 6.07) is 4.35. The normalized spacial score (nSPS) is 18.2. The number of rotatable bonds is 7. The number of guanidine groups is 1. The Labute approximate surface area is 139 Å². The molecule has 0 amide bonds. The average Bonchev–Trinajstić information content (AvgIpc) is 3.07. The lowest BCUT2D eigenvalue weighted by atomic mass is 10.0. The Bertz CT molecular complexity index is 453. The van der Waals surface area contributed by atoms with Crippen molar-refractivity contribution in [2.75, 3.05) is 39.9 Å². The van der Waals surface area contributed by atoms with E-state index in [0.717, 1.165) is 44.6 Å². The molecule has 0 aromatic carbocycles. The van der Waals surface area contributed by atoms with Gasteiger partial charge in [-0.05, 0) is 24.5 Å². The molecule has 1 unspecified atom stereocenters. The third kappa shape index (κ3) is 6.23. The fourth-order valence-corrected chi connectivity index (χ4v) is 2.87.